The zero-order chi connectivity index (χ0) is 40.3. The van der Waals surface area contributed by atoms with E-state index in [0.29, 0.717) is 6.42 Å². The van der Waals surface area contributed by atoms with Gasteiger partial charge in [-0.15, -0.1) is 0 Å². The third kappa shape index (κ3) is 41.2. The first-order valence-corrected chi connectivity index (χ1v) is 23.3. The first-order valence-electron chi connectivity index (χ1n) is 21.8. The molecule has 0 amide bonds. The number of phosphoric ester groups is 1. The van der Waals surface area contributed by atoms with Crippen LogP contribution in [0.2, 0.25) is 0 Å². The predicted molar refractivity (Wildman–Crippen MR) is 229 cm³/mol. The first kappa shape index (κ1) is 52.7. The molecule has 10 heteroatoms. The van der Waals surface area contributed by atoms with E-state index in [4.69, 9.17) is 24.3 Å². The summed E-state index contributed by atoms with van der Waals surface area (Å²) in [6.07, 6.45) is 48.3. The highest BCUT2D eigenvalue weighted by atomic mass is 31.2. The van der Waals surface area contributed by atoms with Gasteiger partial charge in [0, 0.05) is 19.4 Å². The molecule has 0 heterocycles. The summed E-state index contributed by atoms with van der Waals surface area (Å²) in [5.41, 5.74) is 5.34. The van der Waals surface area contributed by atoms with Crippen molar-refractivity contribution in [3.05, 3.63) is 60.8 Å². The maximum Gasteiger partial charge on any atom is 0.472 e. The van der Waals surface area contributed by atoms with Crippen molar-refractivity contribution in [1.29, 1.82) is 0 Å². The van der Waals surface area contributed by atoms with E-state index >= 15 is 0 Å². The molecule has 0 fully saturated rings. The predicted octanol–water partition coefficient (Wildman–Crippen LogP) is 12.5. The lowest BCUT2D eigenvalue weighted by Crippen LogP contribution is -2.29. The van der Waals surface area contributed by atoms with Crippen LogP contribution in [0.5, 0.6) is 0 Å². The van der Waals surface area contributed by atoms with E-state index in [-0.39, 0.29) is 32.6 Å². The van der Waals surface area contributed by atoms with Gasteiger partial charge in [0.2, 0.25) is 0 Å². The second-order valence-corrected chi connectivity index (χ2v) is 15.6. The number of carbonyl (C=O) groups excluding carboxylic acids is 2. The number of unbranched alkanes of at least 4 members (excludes halogenated alkanes) is 17. The van der Waals surface area contributed by atoms with Gasteiger partial charge in [-0.05, 0) is 70.6 Å². The van der Waals surface area contributed by atoms with Gasteiger partial charge in [0.25, 0.3) is 0 Å². The largest absolute Gasteiger partial charge is 0.472 e. The van der Waals surface area contributed by atoms with Crippen molar-refractivity contribution in [2.24, 2.45) is 5.73 Å². The van der Waals surface area contributed by atoms with Crippen molar-refractivity contribution >= 4 is 19.8 Å². The molecule has 0 aromatic heterocycles. The lowest BCUT2D eigenvalue weighted by molar-refractivity contribution is -0.161. The molecule has 9 nitrogen and oxygen atoms in total. The fourth-order valence-corrected chi connectivity index (χ4v) is 6.43. The Bertz CT molecular complexity index is 1090. The number of phosphoric acid groups is 1. The maximum atomic E-state index is 12.6. The molecule has 0 rings (SSSR count). The van der Waals surface area contributed by atoms with Crippen LogP contribution in [0.15, 0.2) is 60.8 Å². The Hall–Kier alpha value is -2.29. The Morgan fingerprint density at radius 2 is 1.00 bits per heavy atom. The summed E-state index contributed by atoms with van der Waals surface area (Å²) >= 11 is 0. The molecule has 0 aromatic carbocycles. The summed E-state index contributed by atoms with van der Waals surface area (Å²) in [4.78, 5) is 34.8. The topological polar surface area (TPSA) is 134 Å². The third-order valence-electron chi connectivity index (χ3n) is 8.89. The highest BCUT2D eigenvalue weighted by Gasteiger charge is 2.26. The van der Waals surface area contributed by atoms with Crippen molar-refractivity contribution in [2.75, 3.05) is 26.4 Å². The van der Waals surface area contributed by atoms with Gasteiger partial charge in [-0.2, -0.15) is 0 Å². The molecule has 3 N–H and O–H groups in total. The van der Waals surface area contributed by atoms with Gasteiger partial charge in [-0.25, -0.2) is 4.57 Å². The Balaban J connectivity index is 4.10. The van der Waals surface area contributed by atoms with Gasteiger partial charge < -0.3 is 20.1 Å². The van der Waals surface area contributed by atoms with Crippen LogP contribution in [-0.2, 0) is 32.7 Å². The van der Waals surface area contributed by atoms with E-state index in [2.05, 4.69) is 74.6 Å². The van der Waals surface area contributed by atoms with E-state index < -0.39 is 32.5 Å². The van der Waals surface area contributed by atoms with Crippen LogP contribution in [0, 0.1) is 0 Å². The van der Waals surface area contributed by atoms with Crippen LogP contribution in [0.25, 0.3) is 0 Å². The molecule has 0 aliphatic heterocycles. The average Bonchev–Trinajstić information content (AvgIpc) is 3.17. The third-order valence-corrected chi connectivity index (χ3v) is 9.87. The number of ether oxygens (including phenoxy) is 2. The minimum Gasteiger partial charge on any atom is -0.462 e. The number of allylic oxidation sites excluding steroid dienone is 10. The summed E-state index contributed by atoms with van der Waals surface area (Å²) < 4.78 is 32.7. The minimum atomic E-state index is -4.38. The number of hydrogen-bond donors (Lipinski definition) is 2. The Kier molecular flexibility index (Phi) is 39.6. The molecule has 0 aliphatic carbocycles. The highest BCUT2D eigenvalue weighted by Crippen LogP contribution is 2.43. The normalized spacial score (nSPS) is 13.9. The van der Waals surface area contributed by atoms with Crippen molar-refractivity contribution in [3.8, 4) is 0 Å². The molecule has 0 spiro atoms. The SMILES string of the molecule is CC/C=C\C/C=C\C/C=C\C/C=C\CCCCCCCCCCCCC(=O)OC(COC(=O)CCCCCCC/C=C\CCCC)COP(=O)(O)OCCN. The summed E-state index contributed by atoms with van der Waals surface area (Å²) in [5, 5.41) is 0. The number of esters is 2. The average molecular weight is 794 g/mol. The number of nitrogens with two attached hydrogens (primary N) is 1. The van der Waals surface area contributed by atoms with Crippen molar-refractivity contribution in [2.45, 2.75) is 187 Å². The molecule has 318 valence electrons. The van der Waals surface area contributed by atoms with E-state index in [0.717, 1.165) is 96.3 Å². The minimum absolute atomic E-state index is 0.0494. The molecule has 0 aromatic rings. The van der Waals surface area contributed by atoms with Gasteiger partial charge in [-0.3, -0.25) is 18.6 Å². The Morgan fingerprint density at radius 1 is 0.564 bits per heavy atom. The molecular formula is C45H80NO8P. The summed E-state index contributed by atoms with van der Waals surface area (Å²) in [5.74, 6) is -0.848. The monoisotopic (exact) mass is 794 g/mol. The standard InChI is InChI=1S/C45H80NO8P/c1-3-5-7-9-11-13-15-16-17-18-19-20-21-22-23-24-25-26-28-30-32-34-36-38-45(48)54-43(42-53-55(49,50)52-40-39-46)41-51-44(47)37-35-33-31-29-27-14-12-10-8-6-4-2/h5,7,10-13,16-17,19-20,43H,3-4,6,8-9,14-15,18,21-42,46H2,1-2H3,(H,49,50)/b7-5-,12-10-,13-11-,17-16-,20-19-. The Labute approximate surface area is 336 Å². The molecular weight excluding hydrogens is 713 g/mol. The van der Waals surface area contributed by atoms with E-state index in [9.17, 15) is 19.0 Å². The van der Waals surface area contributed by atoms with Crippen molar-refractivity contribution in [1.82, 2.24) is 0 Å². The molecule has 0 bridgehead atoms. The van der Waals surface area contributed by atoms with E-state index in [1.165, 1.54) is 51.4 Å². The lowest BCUT2D eigenvalue weighted by Gasteiger charge is -2.19. The van der Waals surface area contributed by atoms with Crippen LogP contribution in [0.4, 0.5) is 0 Å². The van der Waals surface area contributed by atoms with Crippen LogP contribution in [0.3, 0.4) is 0 Å². The number of rotatable bonds is 40. The zero-order valence-electron chi connectivity index (χ0n) is 34.9. The van der Waals surface area contributed by atoms with Crippen LogP contribution < -0.4 is 5.73 Å². The van der Waals surface area contributed by atoms with E-state index in [1.54, 1.807) is 0 Å². The van der Waals surface area contributed by atoms with Gasteiger partial charge in [0.05, 0.1) is 13.2 Å². The smallest absolute Gasteiger partial charge is 0.462 e. The number of hydrogen-bond acceptors (Lipinski definition) is 8. The van der Waals surface area contributed by atoms with E-state index in [1.807, 2.05) is 0 Å². The highest BCUT2D eigenvalue weighted by molar-refractivity contribution is 7.47. The van der Waals surface area contributed by atoms with Crippen LogP contribution in [-0.4, -0.2) is 49.3 Å². The molecule has 0 saturated carbocycles. The molecule has 55 heavy (non-hydrogen) atoms. The lowest BCUT2D eigenvalue weighted by atomic mass is 10.0. The van der Waals surface area contributed by atoms with Crippen molar-refractivity contribution < 1.29 is 37.6 Å². The molecule has 2 unspecified atom stereocenters. The van der Waals surface area contributed by atoms with Gasteiger partial charge >= 0.3 is 19.8 Å². The van der Waals surface area contributed by atoms with Crippen molar-refractivity contribution in [3.63, 3.8) is 0 Å². The quantitative estimate of drug-likeness (QED) is 0.0269. The zero-order valence-corrected chi connectivity index (χ0v) is 35.8. The fourth-order valence-electron chi connectivity index (χ4n) is 5.66. The van der Waals surface area contributed by atoms with Gasteiger partial charge in [0.15, 0.2) is 6.10 Å². The van der Waals surface area contributed by atoms with Crippen LogP contribution in [0.1, 0.15) is 181 Å². The molecule has 0 radical (unpaired) electrons. The second kappa shape index (κ2) is 41.3. The second-order valence-electron chi connectivity index (χ2n) is 14.2. The van der Waals surface area contributed by atoms with Crippen LogP contribution >= 0.6 is 7.82 Å². The summed E-state index contributed by atoms with van der Waals surface area (Å²) in [7, 11) is -4.38. The molecule has 0 aliphatic rings. The fraction of sp³-hybridized carbons (Fsp3) is 0.733. The van der Waals surface area contributed by atoms with Gasteiger partial charge in [-0.1, -0.05) is 158 Å². The first-order chi connectivity index (χ1) is 26.8. The summed E-state index contributed by atoms with van der Waals surface area (Å²) in [6.45, 7) is 3.56. The molecule has 2 atom stereocenters. The molecule has 0 saturated heterocycles. The summed E-state index contributed by atoms with van der Waals surface area (Å²) in [6, 6.07) is 0. The maximum absolute atomic E-state index is 12.6. The Morgan fingerprint density at radius 3 is 1.51 bits per heavy atom. The number of carbonyl (C=O) groups is 2. The van der Waals surface area contributed by atoms with Gasteiger partial charge in [0.1, 0.15) is 6.61 Å².